The van der Waals surface area contributed by atoms with Gasteiger partial charge in [-0.15, -0.1) is 6.58 Å². The molecule has 14 nitrogen and oxygen atoms in total. The van der Waals surface area contributed by atoms with E-state index < -0.39 is 85.8 Å². The molecular formula is C38H47N5O9S. The van der Waals surface area contributed by atoms with E-state index in [0.717, 1.165) is 10.8 Å². The Morgan fingerprint density at radius 1 is 0.943 bits per heavy atom. The molecule has 15 heteroatoms. The smallest absolute Gasteiger partial charge is 0.419 e. The van der Waals surface area contributed by atoms with Crippen molar-refractivity contribution in [2.24, 2.45) is 11.3 Å². The van der Waals surface area contributed by atoms with Gasteiger partial charge in [0.1, 0.15) is 29.3 Å². The summed E-state index contributed by atoms with van der Waals surface area (Å²) in [5.41, 5.74) is -2.09. The monoisotopic (exact) mass is 749 g/mol. The van der Waals surface area contributed by atoms with Crippen molar-refractivity contribution in [1.29, 1.82) is 0 Å². The molecule has 6 rings (SSSR count). The Kier molecular flexibility index (Phi) is 9.63. The molecule has 1 saturated heterocycles. The van der Waals surface area contributed by atoms with Gasteiger partial charge in [-0.1, -0.05) is 63.2 Å². The van der Waals surface area contributed by atoms with Crippen molar-refractivity contribution in [2.45, 2.75) is 102 Å². The maximum Gasteiger partial charge on any atom is 0.419 e. The SMILES string of the molecule is C=CC1C[C@]1(NC(=O)C1C[C@@H](OC(=O)n2c3ccccc3c3ccccc32)CN1C(=O)[C@@H](NC(=O)OC(C)(C)C)C(C)(C)C)C(=O)NS(=O)(=O)C1CC1. The van der Waals surface area contributed by atoms with E-state index in [1.54, 1.807) is 53.7 Å². The van der Waals surface area contributed by atoms with Crippen LogP contribution in [0.2, 0.25) is 0 Å². The number of sulfonamides is 1. The van der Waals surface area contributed by atoms with Gasteiger partial charge in [0.2, 0.25) is 21.8 Å². The second-order valence-corrected chi connectivity index (χ2v) is 18.2. The van der Waals surface area contributed by atoms with Crippen LogP contribution in [0.5, 0.6) is 0 Å². The first-order chi connectivity index (χ1) is 24.8. The van der Waals surface area contributed by atoms with Crippen molar-refractivity contribution in [2.75, 3.05) is 6.54 Å². The molecule has 3 aliphatic rings. The topological polar surface area (TPSA) is 182 Å². The predicted molar refractivity (Wildman–Crippen MR) is 197 cm³/mol. The van der Waals surface area contributed by atoms with Gasteiger partial charge in [0, 0.05) is 23.1 Å². The molecule has 0 bridgehead atoms. The summed E-state index contributed by atoms with van der Waals surface area (Å²) in [7, 11) is -3.93. The van der Waals surface area contributed by atoms with Crippen molar-refractivity contribution in [3.05, 3.63) is 61.2 Å². The number of benzene rings is 2. The number of aromatic nitrogens is 1. The standard InChI is InChI=1S/C38H47N5O9S/c1-8-22-20-38(22,33(46)41-53(49,50)24-17-18-24)40-31(44)29-19-23(21-42(29)32(45)30(36(2,3)4)39-34(47)52-37(5,6)7)51-35(48)43-27-15-11-9-13-25(27)26-14-10-12-16-28(26)43/h8-16,22-24,29-30H,1,17-21H2,2-7H3,(H,39,47)(H,40,44)(H,41,46)/t22?,23-,29?,30-,38-/m1/s1. The maximum atomic E-state index is 14.5. The second kappa shape index (κ2) is 13.5. The van der Waals surface area contributed by atoms with Gasteiger partial charge >= 0.3 is 12.2 Å². The number of likely N-dealkylation sites (tertiary alicyclic amines) is 1. The minimum Gasteiger partial charge on any atom is -0.444 e. The molecule has 4 amide bonds. The largest absolute Gasteiger partial charge is 0.444 e. The maximum absolute atomic E-state index is 14.5. The van der Waals surface area contributed by atoms with Crippen molar-refractivity contribution in [3.8, 4) is 0 Å². The summed E-state index contributed by atoms with van der Waals surface area (Å²) in [6.07, 6.45) is -0.210. The zero-order chi connectivity index (χ0) is 38.7. The molecule has 2 saturated carbocycles. The number of alkyl carbamates (subject to hydrolysis) is 1. The Bertz CT molecular complexity index is 2060. The summed E-state index contributed by atoms with van der Waals surface area (Å²) in [5, 5.41) is 6.42. The minimum absolute atomic E-state index is 0.103. The lowest BCUT2D eigenvalue weighted by atomic mass is 9.85. The van der Waals surface area contributed by atoms with Crippen LogP contribution in [0.1, 0.15) is 67.2 Å². The van der Waals surface area contributed by atoms with Gasteiger partial charge in [0.05, 0.1) is 22.8 Å². The number of hydrogen-bond donors (Lipinski definition) is 3. The number of rotatable bonds is 9. The molecule has 2 aromatic carbocycles. The molecule has 2 unspecified atom stereocenters. The number of nitrogens with one attached hydrogen (secondary N) is 3. The molecule has 3 aromatic rings. The number of hydrogen-bond acceptors (Lipinski definition) is 9. The van der Waals surface area contributed by atoms with Crippen LogP contribution < -0.4 is 15.4 Å². The Balaban J connectivity index is 1.30. The van der Waals surface area contributed by atoms with Crippen molar-refractivity contribution in [1.82, 2.24) is 24.8 Å². The van der Waals surface area contributed by atoms with Crippen LogP contribution in [0, 0.1) is 11.3 Å². The quantitative estimate of drug-likeness (QED) is 0.268. The molecule has 284 valence electrons. The van der Waals surface area contributed by atoms with Gasteiger partial charge < -0.3 is 25.0 Å². The molecule has 2 heterocycles. The second-order valence-electron chi connectivity index (χ2n) is 16.2. The van der Waals surface area contributed by atoms with E-state index >= 15 is 0 Å². The van der Waals surface area contributed by atoms with Gasteiger partial charge in [-0.3, -0.25) is 19.1 Å². The number of carbonyl (C=O) groups excluding carboxylic acids is 5. The summed E-state index contributed by atoms with van der Waals surface area (Å²) in [4.78, 5) is 70.4. The van der Waals surface area contributed by atoms with Crippen molar-refractivity contribution >= 4 is 61.7 Å². The molecule has 3 N–H and O–H groups in total. The zero-order valence-electron chi connectivity index (χ0n) is 30.8. The number of ether oxygens (including phenoxy) is 2. The third-order valence-electron chi connectivity index (χ3n) is 9.90. The normalized spacial score (nSPS) is 23.6. The lowest BCUT2D eigenvalue weighted by molar-refractivity contribution is -0.143. The first kappa shape index (κ1) is 37.8. The Morgan fingerprint density at radius 2 is 1.53 bits per heavy atom. The van der Waals surface area contributed by atoms with E-state index in [9.17, 15) is 32.4 Å². The van der Waals surface area contributed by atoms with Gasteiger partial charge in [0.25, 0.3) is 5.91 Å². The van der Waals surface area contributed by atoms with Crippen LogP contribution in [0.3, 0.4) is 0 Å². The molecule has 1 aromatic heterocycles. The van der Waals surface area contributed by atoms with Crippen molar-refractivity contribution < 1.29 is 41.9 Å². The molecule has 2 aliphatic carbocycles. The van der Waals surface area contributed by atoms with Crippen LogP contribution in [-0.4, -0.2) is 88.9 Å². The third kappa shape index (κ3) is 7.62. The number of nitrogens with zero attached hydrogens (tertiary/aromatic N) is 2. The average Bonchev–Trinajstić information content (AvgIpc) is 3.97. The Hall–Kier alpha value is -4.92. The number of para-hydroxylation sites is 2. The molecule has 53 heavy (non-hydrogen) atoms. The van der Waals surface area contributed by atoms with Crippen LogP contribution in [0.25, 0.3) is 21.8 Å². The summed E-state index contributed by atoms with van der Waals surface area (Å²) in [5.74, 6) is -2.83. The van der Waals surface area contributed by atoms with E-state index in [1.165, 1.54) is 15.5 Å². The molecule has 3 fully saturated rings. The van der Waals surface area contributed by atoms with E-state index in [-0.39, 0.29) is 19.4 Å². The van der Waals surface area contributed by atoms with Crippen LogP contribution in [0.15, 0.2) is 61.2 Å². The van der Waals surface area contributed by atoms with Gasteiger partial charge in [-0.2, -0.15) is 0 Å². The fourth-order valence-corrected chi connectivity index (χ4v) is 8.31. The van der Waals surface area contributed by atoms with Gasteiger partial charge in [0.15, 0.2) is 0 Å². The minimum atomic E-state index is -3.93. The van der Waals surface area contributed by atoms with E-state index in [0.29, 0.717) is 23.9 Å². The summed E-state index contributed by atoms with van der Waals surface area (Å²) >= 11 is 0. The molecule has 0 spiro atoms. The highest BCUT2D eigenvalue weighted by Crippen LogP contribution is 2.45. The number of amides is 4. The van der Waals surface area contributed by atoms with Crippen LogP contribution in [0.4, 0.5) is 9.59 Å². The molecular weight excluding hydrogens is 703 g/mol. The Labute approximate surface area is 308 Å². The number of carbonyl (C=O) groups is 5. The highest BCUT2D eigenvalue weighted by molar-refractivity contribution is 7.91. The highest BCUT2D eigenvalue weighted by Gasteiger charge is 2.62. The van der Waals surface area contributed by atoms with E-state index in [4.69, 9.17) is 9.47 Å². The predicted octanol–water partition coefficient (Wildman–Crippen LogP) is 4.36. The summed E-state index contributed by atoms with van der Waals surface area (Å²) < 4.78 is 40.4. The lowest BCUT2D eigenvalue weighted by Crippen LogP contribution is -2.60. The van der Waals surface area contributed by atoms with Crippen LogP contribution in [-0.2, 0) is 33.9 Å². The van der Waals surface area contributed by atoms with Gasteiger partial charge in [-0.25, -0.2) is 22.6 Å². The van der Waals surface area contributed by atoms with E-state index in [2.05, 4.69) is 21.9 Å². The first-order valence-corrected chi connectivity index (χ1v) is 19.3. The third-order valence-corrected chi connectivity index (χ3v) is 11.7. The van der Waals surface area contributed by atoms with E-state index in [1.807, 2.05) is 36.4 Å². The highest BCUT2D eigenvalue weighted by atomic mass is 32.2. The lowest BCUT2D eigenvalue weighted by Gasteiger charge is -2.36. The summed E-state index contributed by atoms with van der Waals surface area (Å²) in [6, 6.07) is 12.3. The fourth-order valence-electron chi connectivity index (χ4n) is 6.95. The van der Waals surface area contributed by atoms with Crippen LogP contribution >= 0.6 is 0 Å². The zero-order valence-corrected chi connectivity index (χ0v) is 31.6. The molecule has 5 atom stereocenters. The molecule has 1 aliphatic heterocycles. The Morgan fingerprint density at radius 3 is 2.04 bits per heavy atom. The van der Waals surface area contributed by atoms with Gasteiger partial charge in [-0.05, 0) is 57.6 Å². The molecule has 0 radical (unpaired) electrons. The fraction of sp³-hybridized carbons (Fsp3) is 0.500. The van der Waals surface area contributed by atoms with Crippen molar-refractivity contribution in [3.63, 3.8) is 0 Å². The summed E-state index contributed by atoms with van der Waals surface area (Å²) in [6.45, 7) is 13.8. The first-order valence-electron chi connectivity index (χ1n) is 17.8. The average molecular weight is 750 g/mol. The number of fused-ring (bicyclic) bond motifs is 3.